The van der Waals surface area contributed by atoms with Crippen molar-refractivity contribution < 1.29 is 23.7 Å². The van der Waals surface area contributed by atoms with Gasteiger partial charge in [0, 0.05) is 17.5 Å². The molecule has 0 atom stereocenters. The van der Waals surface area contributed by atoms with Crippen LogP contribution in [0, 0.1) is 0 Å². The first-order valence-corrected chi connectivity index (χ1v) is 8.68. The number of aromatic nitrogens is 1. The molecule has 0 saturated heterocycles. The van der Waals surface area contributed by atoms with Crippen molar-refractivity contribution in [2.24, 2.45) is 5.10 Å². The number of hydrogen-bond acceptors (Lipinski definition) is 9. The lowest BCUT2D eigenvalue weighted by Crippen LogP contribution is -2.07. The van der Waals surface area contributed by atoms with Crippen LogP contribution in [0.15, 0.2) is 22.6 Å². The number of benzene rings is 1. The molecule has 0 bridgehead atoms. The van der Waals surface area contributed by atoms with E-state index in [2.05, 4.69) is 15.5 Å². The largest absolute Gasteiger partial charge is 0.496 e. The molecule has 0 radical (unpaired) electrons. The van der Waals surface area contributed by atoms with Crippen LogP contribution in [0.1, 0.15) is 18.2 Å². The molecule has 0 aliphatic carbocycles. The van der Waals surface area contributed by atoms with E-state index in [-0.39, 0.29) is 12.4 Å². The molecule has 2 rings (SSSR count). The number of anilines is 1. The first-order chi connectivity index (χ1) is 12.6. The molecule has 1 aromatic heterocycles. The Bertz CT molecular complexity index is 751. The number of carbonyl (C=O) groups is 1. The van der Waals surface area contributed by atoms with Gasteiger partial charge in [0.15, 0.2) is 0 Å². The van der Waals surface area contributed by atoms with Crippen molar-refractivity contribution in [1.29, 1.82) is 0 Å². The summed E-state index contributed by atoms with van der Waals surface area (Å²) < 4.78 is 20.8. The number of ether oxygens (including phenoxy) is 4. The molecule has 0 spiro atoms. The van der Waals surface area contributed by atoms with Crippen LogP contribution < -0.4 is 19.6 Å². The number of nitrogens with one attached hydrogen (secondary N) is 1. The number of hydrazone groups is 1. The van der Waals surface area contributed by atoms with Crippen molar-refractivity contribution in [2.75, 3.05) is 33.4 Å². The third kappa shape index (κ3) is 5.09. The molecule has 0 amide bonds. The molecule has 26 heavy (non-hydrogen) atoms. The van der Waals surface area contributed by atoms with E-state index in [1.807, 2.05) is 0 Å². The van der Waals surface area contributed by atoms with Crippen molar-refractivity contribution in [1.82, 2.24) is 4.98 Å². The molecule has 0 fully saturated rings. The van der Waals surface area contributed by atoms with Gasteiger partial charge < -0.3 is 18.9 Å². The van der Waals surface area contributed by atoms with Crippen LogP contribution in [0.4, 0.5) is 5.13 Å². The summed E-state index contributed by atoms with van der Waals surface area (Å²) in [5, 5.41) is 6.51. The van der Waals surface area contributed by atoms with Crippen LogP contribution in [-0.2, 0) is 16.0 Å². The third-order valence-corrected chi connectivity index (χ3v) is 4.09. The Morgan fingerprint density at radius 3 is 2.50 bits per heavy atom. The van der Waals surface area contributed by atoms with E-state index in [4.69, 9.17) is 18.9 Å². The Morgan fingerprint density at radius 2 is 1.92 bits per heavy atom. The van der Waals surface area contributed by atoms with Crippen molar-refractivity contribution in [3.63, 3.8) is 0 Å². The van der Waals surface area contributed by atoms with E-state index in [0.717, 1.165) is 0 Å². The average Bonchev–Trinajstić information content (AvgIpc) is 3.08. The van der Waals surface area contributed by atoms with E-state index in [9.17, 15) is 4.79 Å². The summed E-state index contributed by atoms with van der Waals surface area (Å²) in [6.07, 6.45) is 1.71. The second-order valence-corrected chi connectivity index (χ2v) is 5.80. The Morgan fingerprint density at radius 1 is 1.23 bits per heavy atom. The summed E-state index contributed by atoms with van der Waals surface area (Å²) in [5.74, 6) is 1.44. The topological polar surface area (TPSA) is 91.3 Å². The summed E-state index contributed by atoms with van der Waals surface area (Å²) >= 11 is 1.34. The van der Waals surface area contributed by atoms with Gasteiger partial charge in [0.05, 0.1) is 51.8 Å². The van der Waals surface area contributed by atoms with E-state index < -0.39 is 0 Å². The first kappa shape index (κ1) is 19.5. The SMILES string of the molecule is CCOC(=O)Cc1csc(NN=Cc2c(OC)cc(OC)cc2OC)n1. The van der Waals surface area contributed by atoms with Gasteiger partial charge in [-0.2, -0.15) is 5.10 Å². The number of carbonyl (C=O) groups excluding carboxylic acids is 1. The van der Waals surface area contributed by atoms with Gasteiger partial charge in [0.2, 0.25) is 5.13 Å². The molecule has 0 unspecified atom stereocenters. The maximum Gasteiger partial charge on any atom is 0.311 e. The van der Waals surface area contributed by atoms with Crippen molar-refractivity contribution >= 4 is 28.7 Å². The van der Waals surface area contributed by atoms with Crippen LogP contribution in [0.5, 0.6) is 17.2 Å². The maximum atomic E-state index is 11.5. The molecule has 140 valence electrons. The zero-order valence-electron chi connectivity index (χ0n) is 15.1. The second-order valence-electron chi connectivity index (χ2n) is 4.94. The van der Waals surface area contributed by atoms with Crippen molar-refractivity contribution in [3.8, 4) is 17.2 Å². The lowest BCUT2D eigenvalue weighted by molar-refractivity contribution is -0.142. The van der Waals surface area contributed by atoms with Crippen LogP contribution in [0.25, 0.3) is 0 Å². The minimum atomic E-state index is -0.305. The Kier molecular flexibility index (Phi) is 7.22. The predicted octanol–water partition coefficient (Wildman–Crippen LogP) is 2.72. The van der Waals surface area contributed by atoms with Crippen LogP contribution in [0.2, 0.25) is 0 Å². The van der Waals surface area contributed by atoms with Gasteiger partial charge in [-0.05, 0) is 6.92 Å². The number of esters is 1. The number of thiazole rings is 1. The third-order valence-electron chi connectivity index (χ3n) is 3.29. The summed E-state index contributed by atoms with van der Waals surface area (Å²) in [7, 11) is 4.68. The molecule has 0 saturated carbocycles. The Hall–Kier alpha value is -2.81. The lowest BCUT2D eigenvalue weighted by Gasteiger charge is -2.11. The quantitative estimate of drug-likeness (QED) is 0.407. The summed E-state index contributed by atoms with van der Waals surface area (Å²) in [6, 6.07) is 3.48. The van der Waals surface area contributed by atoms with Gasteiger partial charge in [0.1, 0.15) is 17.2 Å². The molecule has 1 N–H and O–H groups in total. The average molecular weight is 379 g/mol. The van der Waals surface area contributed by atoms with E-state index in [1.54, 1.807) is 52.0 Å². The fourth-order valence-electron chi connectivity index (χ4n) is 2.11. The van der Waals surface area contributed by atoms with Gasteiger partial charge >= 0.3 is 5.97 Å². The van der Waals surface area contributed by atoms with Crippen molar-refractivity contribution in [2.45, 2.75) is 13.3 Å². The van der Waals surface area contributed by atoms with Gasteiger partial charge in [-0.3, -0.25) is 10.2 Å². The summed E-state index contributed by atoms with van der Waals surface area (Å²) in [4.78, 5) is 15.8. The number of rotatable bonds is 9. The fourth-order valence-corrected chi connectivity index (χ4v) is 2.77. The molecule has 8 nitrogen and oxygen atoms in total. The van der Waals surface area contributed by atoms with E-state index in [0.29, 0.717) is 40.2 Å². The zero-order chi connectivity index (χ0) is 18.9. The number of methoxy groups -OCH3 is 3. The molecule has 0 aliphatic rings. The highest BCUT2D eigenvalue weighted by atomic mass is 32.1. The van der Waals surface area contributed by atoms with Gasteiger partial charge in [-0.25, -0.2) is 4.98 Å². The Balaban J connectivity index is 2.09. The molecular weight excluding hydrogens is 358 g/mol. The monoisotopic (exact) mass is 379 g/mol. The molecule has 2 aromatic rings. The smallest absolute Gasteiger partial charge is 0.311 e. The molecule has 1 aromatic carbocycles. The van der Waals surface area contributed by atoms with Crippen LogP contribution in [0.3, 0.4) is 0 Å². The molecule has 1 heterocycles. The van der Waals surface area contributed by atoms with Crippen LogP contribution >= 0.6 is 11.3 Å². The van der Waals surface area contributed by atoms with E-state index >= 15 is 0 Å². The molecule has 9 heteroatoms. The zero-order valence-corrected chi connectivity index (χ0v) is 15.9. The van der Waals surface area contributed by atoms with Crippen LogP contribution in [-0.4, -0.2) is 45.1 Å². The van der Waals surface area contributed by atoms with E-state index in [1.165, 1.54) is 11.3 Å². The van der Waals surface area contributed by atoms with Gasteiger partial charge in [0.25, 0.3) is 0 Å². The number of hydrogen-bond donors (Lipinski definition) is 1. The lowest BCUT2D eigenvalue weighted by atomic mass is 10.2. The minimum absolute atomic E-state index is 0.135. The summed E-state index contributed by atoms with van der Waals surface area (Å²) in [5.41, 5.74) is 4.12. The van der Waals surface area contributed by atoms with Crippen molar-refractivity contribution in [3.05, 3.63) is 28.8 Å². The molecule has 0 aliphatic heterocycles. The highest BCUT2D eigenvalue weighted by Crippen LogP contribution is 2.32. The highest BCUT2D eigenvalue weighted by molar-refractivity contribution is 7.13. The Labute approximate surface area is 155 Å². The second kappa shape index (κ2) is 9.62. The maximum absolute atomic E-state index is 11.5. The normalized spacial score (nSPS) is 10.6. The number of nitrogens with zero attached hydrogens (tertiary/aromatic N) is 2. The standard InChI is InChI=1S/C17H21N3O5S/c1-5-25-16(21)6-11-10-26-17(19-11)20-18-9-13-14(23-3)7-12(22-2)8-15(13)24-4/h7-10H,5-6H2,1-4H3,(H,19,20). The summed E-state index contributed by atoms with van der Waals surface area (Å²) in [6.45, 7) is 2.12. The van der Waals surface area contributed by atoms with Gasteiger partial charge in [-0.1, -0.05) is 0 Å². The fraction of sp³-hybridized carbons (Fsp3) is 0.353. The predicted molar refractivity (Wildman–Crippen MR) is 99.8 cm³/mol. The minimum Gasteiger partial charge on any atom is -0.496 e. The molecular formula is C17H21N3O5S. The van der Waals surface area contributed by atoms with Gasteiger partial charge in [-0.15, -0.1) is 11.3 Å². The highest BCUT2D eigenvalue weighted by Gasteiger charge is 2.12. The first-order valence-electron chi connectivity index (χ1n) is 7.80.